The van der Waals surface area contributed by atoms with Gasteiger partial charge in [-0.05, 0) is 91.4 Å². The van der Waals surface area contributed by atoms with Crippen molar-refractivity contribution in [1.29, 1.82) is 0 Å². The molecular weight excluding hydrogens is 444 g/mol. The fourth-order valence-corrected chi connectivity index (χ4v) is 4.85. The zero-order valence-corrected chi connectivity index (χ0v) is 20.7. The van der Waals surface area contributed by atoms with Crippen LogP contribution in [0.2, 0.25) is 0 Å². The number of imidazole rings is 1. The summed E-state index contributed by atoms with van der Waals surface area (Å²) in [7, 11) is 0. The van der Waals surface area contributed by atoms with Crippen molar-refractivity contribution in [2.75, 3.05) is 13.1 Å². The minimum atomic E-state index is -0.918. The third-order valence-corrected chi connectivity index (χ3v) is 7.01. The summed E-state index contributed by atoms with van der Waals surface area (Å²) in [5.41, 5.74) is 8.06. The van der Waals surface area contributed by atoms with Gasteiger partial charge in [0.25, 0.3) is 0 Å². The summed E-state index contributed by atoms with van der Waals surface area (Å²) in [6.07, 6.45) is 6.07. The molecule has 5 N–H and O–H groups in total. The van der Waals surface area contributed by atoms with Crippen LogP contribution in [-0.4, -0.2) is 40.5 Å². The topological polar surface area (TPSA) is 91.1 Å². The van der Waals surface area contributed by atoms with Gasteiger partial charge in [0.1, 0.15) is 22.9 Å². The van der Waals surface area contributed by atoms with Gasteiger partial charge in [-0.15, -0.1) is 0 Å². The number of rotatable bonds is 5. The molecule has 2 aliphatic rings. The van der Waals surface area contributed by atoms with Crippen LogP contribution in [0.5, 0.6) is 0 Å². The van der Waals surface area contributed by atoms with E-state index in [1.165, 1.54) is 5.39 Å². The standard InChI is InChI=1S/C30H32N6/c1-21(23-15-14-22-9-3-4-10-24(22)19-23)30(2,36-28(31)26-12-7-17-32-26)16-6-5-11-25-20-34-29(35-25)27-13-8-18-33-27/h3-4,9-10,14-15,19-20,26-27,32-33H,1,7-8,12-13,17-18H2,2H3,(H2,31,36)(H,34,35)/t26-,27-,30?/m0/s1. The van der Waals surface area contributed by atoms with E-state index in [1.54, 1.807) is 6.20 Å². The predicted octanol–water partition coefficient (Wildman–Crippen LogP) is 3.92. The van der Waals surface area contributed by atoms with Crippen molar-refractivity contribution in [1.82, 2.24) is 20.6 Å². The van der Waals surface area contributed by atoms with Gasteiger partial charge in [-0.1, -0.05) is 48.9 Å². The van der Waals surface area contributed by atoms with Crippen LogP contribution in [0.15, 0.2) is 60.2 Å². The smallest absolute Gasteiger partial charge is 0.146 e. The van der Waals surface area contributed by atoms with Gasteiger partial charge in [0.15, 0.2) is 0 Å². The minimum Gasteiger partial charge on any atom is -0.386 e. The van der Waals surface area contributed by atoms with Crippen molar-refractivity contribution in [3.63, 3.8) is 0 Å². The molecule has 3 aromatic rings. The maximum Gasteiger partial charge on any atom is 0.146 e. The molecule has 182 valence electrons. The monoisotopic (exact) mass is 476 g/mol. The van der Waals surface area contributed by atoms with Crippen molar-refractivity contribution < 1.29 is 0 Å². The van der Waals surface area contributed by atoms with E-state index in [2.05, 4.69) is 81.2 Å². The zero-order chi connectivity index (χ0) is 25.0. The molecule has 0 aliphatic carbocycles. The zero-order valence-electron chi connectivity index (χ0n) is 20.7. The van der Waals surface area contributed by atoms with E-state index in [9.17, 15) is 0 Å². The molecule has 6 nitrogen and oxygen atoms in total. The Bertz CT molecular complexity index is 1410. The van der Waals surface area contributed by atoms with Crippen LogP contribution in [0.25, 0.3) is 16.3 Å². The molecule has 1 aromatic heterocycles. The lowest BCUT2D eigenvalue weighted by atomic mass is 9.87. The number of H-pyrrole nitrogens is 1. The number of nitrogens with zero attached hydrogens (tertiary/aromatic N) is 2. The highest BCUT2D eigenvalue weighted by atomic mass is 15.0. The second kappa shape index (κ2) is 10.4. The van der Waals surface area contributed by atoms with Crippen molar-refractivity contribution >= 4 is 22.2 Å². The lowest BCUT2D eigenvalue weighted by Crippen LogP contribution is -2.39. The Morgan fingerprint density at radius 1 is 1.08 bits per heavy atom. The lowest BCUT2D eigenvalue weighted by molar-refractivity contribution is 0.612. The van der Waals surface area contributed by atoms with Gasteiger partial charge < -0.3 is 21.4 Å². The Hall–Kier alpha value is -3.84. The normalized spacial score (nSPS) is 21.3. The Morgan fingerprint density at radius 3 is 2.67 bits per heavy atom. The molecule has 0 amide bonds. The average Bonchev–Trinajstić information content (AvgIpc) is 3.68. The molecule has 2 aliphatic heterocycles. The second-order valence-electron chi connectivity index (χ2n) is 9.63. The molecule has 0 saturated carbocycles. The molecule has 3 heterocycles. The number of aromatic nitrogens is 2. The summed E-state index contributed by atoms with van der Waals surface area (Å²) in [6, 6.07) is 14.9. The Labute approximate surface area is 212 Å². The molecule has 0 spiro atoms. The first-order chi connectivity index (χ1) is 17.5. The van der Waals surface area contributed by atoms with Gasteiger partial charge in [-0.25, -0.2) is 9.98 Å². The van der Waals surface area contributed by atoms with Crippen molar-refractivity contribution in [3.05, 3.63) is 72.3 Å². The molecule has 3 atom stereocenters. The van der Waals surface area contributed by atoms with Gasteiger partial charge in [-0.3, -0.25) is 0 Å². The van der Waals surface area contributed by atoms with Gasteiger partial charge in [-0.2, -0.15) is 0 Å². The number of benzene rings is 2. The van der Waals surface area contributed by atoms with Gasteiger partial charge in [0.05, 0.1) is 18.3 Å². The van der Waals surface area contributed by atoms with Crippen LogP contribution in [0.4, 0.5) is 0 Å². The molecule has 1 unspecified atom stereocenters. The number of aromatic amines is 1. The summed E-state index contributed by atoms with van der Waals surface area (Å²) in [5.74, 6) is 13.8. The number of nitrogens with two attached hydrogens (primary N) is 1. The first-order valence-electron chi connectivity index (χ1n) is 12.6. The van der Waals surface area contributed by atoms with Crippen LogP contribution in [-0.2, 0) is 0 Å². The number of hydrogen-bond donors (Lipinski definition) is 4. The maximum absolute atomic E-state index is 6.45. The summed E-state index contributed by atoms with van der Waals surface area (Å²) in [6.45, 7) is 8.34. The number of aliphatic imine (C=N–C) groups is 1. The van der Waals surface area contributed by atoms with Crippen LogP contribution in [0.3, 0.4) is 0 Å². The fourth-order valence-electron chi connectivity index (χ4n) is 4.85. The molecule has 0 bridgehead atoms. The first-order valence-corrected chi connectivity index (χ1v) is 12.6. The Morgan fingerprint density at radius 2 is 1.89 bits per heavy atom. The maximum atomic E-state index is 6.45. The molecule has 6 heteroatoms. The third kappa shape index (κ3) is 5.21. The summed E-state index contributed by atoms with van der Waals surface area (Å²) in [5, 5.41) is 9.18. The average molecular weight is 477 g/mol. The summed E-state index contributed by atoms with van der Waals surface area (Å²) >= 11 is 0. The van der Waals surface area contributed by atoms with Crippen LogP contribution >= 0.6 is 0 Å². The molecule has 2 fully saturated rings. The van der Waals surface area contributed by atoms with E-state index < -0.39 is 5.54 Å². The van der Waals surface area contributed by atoms with Gasteiger partial charge in [0.2, 0.25) is 0 Å². The number of amidine groups is 1. The van der Waals surface area contributed by atoms with Crippen LogP contribution in [0.1, 0.15) is 55.7 Å². The SMILES string of the molecule is C=C(c1ccc2ccccc2c1)C(C)(C#CC#Cc1cnc([C@@H]2CCCN2)[nH]1)/N=C(\N)[C@@H]1CCCN1. The van der Waals surface area contributed by atoms with E-state index in [4.69, 9.17) is 10.7 Å². The number of hydrogen-bond acceptors (Lipinski definition) is 4. The number of nitrogens with one attached hydrogen (secondary N) is 3. The quantitative estimate of drug-likeness (QED) is 0.255. The molecule has 5 rings (SSSR count). The predicted molar refractivity (Wildman–Crippen MR) is 147 cm³/mol. The van der Waals surface area contributed by atoms with E-state index in [0.29, 0.717) is 5.84 Å². The molecule has 2 aromatic carbocycles. The van der Waals surface area contributed by atoms with E-state index in [-0.39, 0.29) is 12.1 Å². The highest BCUT2D eigenvalue weighted by molar-refractivity contribution is 5.91. The highest BCUT2D eigenvalue weighted by Crippen LogP contribution is 2.31. The fraction of sp³-hybridized carbons (Fsp3) is 0.333. The van der Waals surface area contributed by atoms with E-state index in [0.717, 1.165) is 66.8 Å². The Kier molecular flexibility index (Phi) is 6.91. The largest absolute Gasteiger partial charge is 0.386 e. The molecule has 2 saturated heterocycles. The van der Waals surface area contributed by atoms with E-state index >= 15 is 0 Å². The molecular formula is C30H32N6. The Balaban J connectivity index is 1.44. The number of fused-ring (bicyclic) bond motifs is 1. The third-order valence-electron chi connectivity index (χ3n) is 7.01. The highest BCUT2D eigenvalue weighted by Gasteiger charge is 2.29. The summed E-state index contributed by atoms with van der Waals surface area (Å²) < 4.78 is 0. The molecule has 0 radical (unpaired) electrons. The van der Waals surface area contributed by atoms with E-state index in [1.807, 2.05) is 19.1 Å². The minimum absolute atomic E-state index is 0.0641. The lowest BCUT2D eigenvalue weighted by Gasteiger charge is -2.24. The first kappa shape index (κ1) is 23.9. The molecule has 36 heavy (non-hydrogen) atoms. The van der Waals surface area contributed by atoms with Crippen LogP contribution < -0.4 is 16.4 Å². The second-order valence-corrected chi connectivity index (χ2v) is 9.63. The van der Waals surface area contributed by atoms with Crippen molar-refractivity contribution in [2.45, 2.75) is 50.2 Å². The summed E-state index contributed by atoms with van der Waals surface area (Å²) in [4.78, 5) is 12.7. The van der Waals surface area contributed by atoms with Gasteiger partial charge in [0, 0.05) is 0 Å². The van der Waals surface area contributed by atoms with Crippen molar-refractivity contribution in [2.24, 2.45) is 10.7 Å². The van der Waals surface area contributed by atoms with Gasteiger partial charge >= 0.3 is 0 Å². The van der Waals surface area contributed by atoms with Crippen LogP contribution in [0, 0.1) is 23.7 Å². The van der Waals surface area contributed by atoms with Crippen molar-refractivity contribution in [3.8, 4) is 23.7 Å².